The van der Waals surface area contributed by atoms with E-state index in [4.69, 9.17) is 0 Å². The molecular formula is C17H15N3O2S. The van der Waals surface area contributed by atoms with E-state index >= 15 is 0 Å². The molecule has 0 amide bonds. The molecule has 0 aliphatic heterocycles. The van der Waals surface area contributed by atoms with Crippen molar-refractivity contribution in [2.45, 2.75) is 0 Å². The number of aldehydes is 1. The Morgan fingerprint density at radius 2 is 1.70 bits per heavy atom. The summed E-state index contributed by atoms with van der Waals surface area (Å²) in [6, 6.07) is 12.1. The number of rotatable bonds is 4. The molecule has 23 heavy (non-hydrogen) atoms. The zero-order valence-electron chi connectivity index (χ0n) is 12.8. The fourth-order valence-corrected chi connectivity index (χ4v) is 2.89. The molecular weight excluding hydrogens is 310 g/mol. The summed E-state index contributed by atoms with van der Waals surface area (Å²) in [7, 11) is 4.01. The second kappa shape index (κ2) is 6.18. The molecule has 6 heteroatoms. The Kier molecular flexibility index (Phi) is 4.08. The maximum absolute atomic E-state index is 11.3. The van der Waals surface area contributed by atoms with Crippen molar-refractivity contribution in [1.29, 1.82) is 0 Å². The van der Waals surface area contributed by atoms with E-state index in [1.165, 1.54) is 0 Å². The first-order valence-electron chi connectivity index (χ1n) is 7.01. The molecule has 0 spiro atoms. The third-order valence-electron chi connectivity index (χ3n) is 3.51. The molecule has 116 valence electrons. The number of thiazole rings is 1. The highest BCUT2D eigenvalue weighted by Crippen LogP contribution is 2.23. The minimum absolute atomic E-state index is 0.336. The number of benzene rings is 1. The van der Waals surface area contributed by atoms with Gasteiger partial charge in [-0.15, -0.1) is 0 Å². The lowest BCUT2D eigenvalue weighted by Gasteiger charge is -2.12. The molecule has 3 aromatic rings. The van der Waals surface area contributed by atoms with E-state index in [9.17, 15) is 9.90 Å². The van der Waals surface area contributed by atoms with Gasteiger partial charge in [-0.05, 0) is 40.4 Å². The highest BCUT2D eigenvalue weighted by Gasteiger charge is 2.17. The molecule has 0 bridgehead atoms. The lowest BCUT2D eigenvalue weighted by molar-refractivity contribution is -0.599. The van der Waals surface area contributed by atoms with Crippen molar-refractivity contribution in [2.75, 3.05) is 19.0 Å². The fourth-order valence-electron chi connectivity index (χ4n) is 2.28. The van der Waals surface area contributed by atoms with Crippen LogP contribution in [0, 0.1) is 0 Å². The van der Waals surface area contributed by atoms with E-state index in [1.807, 2.05) is 31.1 Å². The van der Waals surface area contributed by atoms with Gasteiger partial charge in [0, 0.05) is 19.8 Å². The summed E-state index contributed by atoms with van der Waals surface area (Å²) < 4.78 is 1.68. The van der Waals surface area contributed by atoms with Crippen LogP contribution in [-0.2, 0) is 0 Å². The largest absolute Gasteiger partial charge is 0.831 e. The third kappa shape index (κ3) is 3.07. The number of hydrogen-bond acceptors (Lipinski definition) is 5. The van der Waals surface area contributed by atoms with Crippen LogP contribution in [0.1, 0.15) is 9.67 Å². The van der Waals surface area contributed by atoms with Gasteiger partial charge < -0.3 is 10.0 Å². The van der Waals surface area contributed by atoms with Crippen molar-refractivity contribution < 1.29 is 14.5 Å². The van der Waals surface area contributed by atoms with Crippen molar-refractivity contribution in [3.05, 3.63) is 53.7 Å². The van der Waals surface area contributed by atoms with Crippen molar-refractivity contribution in [1.82, 2.24) is 4.98 Å². The Labute approximate surface area is 138 Å². The van der Waals surface area contributed by atoms with Crippen LogP contribution < -0.4 is 14.6 Å². The molecule has 2 heterocycles. The molecule has 3 rings (SSSR count). The molecule has 0 atom stereocenters. The van der Waals surface area contributed by atoms with E-state index < -0.39 is 0 Å². The molecule has 0 N–H and O–H groups in total. The lowest BCUT2D eigenvalue weighted by atomic mass is 10.1. The Morgan fingerprint density at radius 1 is 1.09 bits per heavy atom. The SMILES string of the molecule is CN(C)c1ccc(-c2cc[n+](-c3nc([O-])sc3C=O)cc2)cc1. The van der Waals surface area contributed by atoms with Gasteiger partial charge in [0.25, 0.3) is 0 Å². The van der Waals surface area contributed by atoms with Gasteiger partial charge in [-0.3, -0.25) is 4.79 Å². The van der Waals surface area contributed by atoms with Crippen LogP contribution in [-0.4, -0.2) is 25.4 Å². The van der Waals surface area contributed by atoms with Crippen LogP contribution in [0.15, 0.2) is 48.8 Å². The minimum Gasteiger partial charge on any atom is -0.831 e. The van der Waals surface area contributed by atoms with Gasteiger partial charge in [0.05, 0.1) is 12.4 Å². The van der Waals surface area contributed by atoms with Crippen LogP contribution >= 0.6 is 11.3 Å². The molecule has 1 aromatic carbocycles. The van der Waals surface area contributed by atoms with E-state index in [0.29, 0.717) is 17.0 Å². The molecule has 5 nitrogen and oxygen atoms in total. The second-order valence-electron chi connectivity index (χ2n) is 5.22. The zero-order valence-corrected chi connectivity index (χ0v) is 13.6. The lowest BCUT2D eigenvalue weighted by Crippen LogP contribution is -2.31. The fraction of sp³-hybridized carbons (Fsp3) is 0.118. The minimum atomic E-state index is -0.363. The monoisotopic (exact) mass is 325 g/mol. The van der Waals surface area contributed by atoms with Crippen molar-refractivity contribution >= 4 is 23.3 Å². The highest BCUT2D eigenvalue weighted by molar-refractivity contribution is 7.15. The van der Waals surface area contributed by atoms with Gasteiger partial charge in [0.1, 0.15) is 0 Å². The molecule has 0 saturated heterocycles. The number of carbonyl (C=O) groups is 1. The molecule has 2 aromatic heterocycles. The summed E-state index contributed by atoms with van der Waals surface area (Å²) in [6.07, 6.45) is 4.27. The van der Waals surface area contributed by atoms with Gasteiger partial charge >= 0.3 is 5.82 Å². The summed E-state index contributed by atoms with van der Waals surface area (Å²) in [5.41, 5.74) is 3.29. The van der Waals surface area contributed by atoms with Gasteiger partial charge in [-0.1, -0.05) is 23.5 Å². The molecule has 0 fully saturated rings. The first-order chi connectivity index (χ1) is 11.1. The average Bonchev–Trinajstić information content (AvgIpc) is 2.96. The van der Waals surface area contributed by atoms with Crippen LogP contribution in [0.3, 0.4) is 0 Å². The summed E-state index contributed by atoms with van der Waals surface area (Å²) in [4.78, 5) is 17.3. The molecule has 0 aliphatic rings. The topological polar surface area (TPSA) is 60.1 Å². The smallest absolute Gasteiger partial charge is 0.348 e. The highest BCUT2D eigenvalue weighted by atomic mass is 32.1. The first kappa shape index (κ1) is 15.2. The summed E-state index contributed by atoms with van der Waals surface area (Å²) >= 11 is 0.854. The van der Waals surface area contributed by atoms with E-state index in [0.717, 1.165) is 28.2 Å². The maximum Gasteiger partial charge on any atom is 0.348 e. The normalized spacial score (nSPS) is 10.5. The van der Waals surface area contributed by atoms with E-state index in [2.05, 4.69) is 29.2 Å². The standard InChI is InChI=1S/C17H15N3O2S/c1-19(2)14-5-3-12(4-6-14)13-7-9-20(10-8-13)16-15(11-21)23-17(22)18-16/h3-11H,1-2H3. The van der Waals surface area contributed by atoms with Gasteiger partial charge in [0.2, 0.25) is 0 Å². The number of anilines is 1. The van der Waals surface area contributed by atoms with Gasteiger partial charge in [-0.25, -0.2) is 4.57 Å². The third-order valence-corrected chi connectivity index (χ3v) is 4.28. The number of hydrogen-bond donors (Lipinski definition) is 0. The molecule has 0 radical (unpaired) electrons. The predicted molar refractivity (Wildman–Crippen MR) is 88.2 cm³/mol. The summed E-state index contributed by atoms with van der Waals surface area (Å²) in [6.45, 7) is 0. The van der Waals surface area contributed by atoms with Crippen molar-refractivity contribution in [3.63, 3.8) is 0 Å². The maximum atomic E-state index is 11.3. The molecule has 0 aliphatic carbocycles. The Hall–Kier alpha value is -2.73. The van der Waals surface area contributed by atoms with Crippen LogP contribution in [0.2, 0.25) is 0 Å². The predicted octanol–water partition coefficient (Wildman–Crippen LogP) is 2.04. The summed E-state index contributed by atoms with van der Waals surface area (Å²) in [5, 5.41) is 11.0. The number of nitrogens with zero attached hydrogens (tertiary/aromatic N) is 3. The Balaban J connectivity index is 1.91. The van der Waals surface area contributed by atoms with Gasteiger partial charge in [-0.2, -0.15) is 0 Å². The average molecular weight is 325 g/mol. The second-order valence-corrected chi connectivity index (χ2v) is 6.21. The number of pyridine rings is 1. The molecule has 0 saturated carbocycles. The summed E-state index contributed by atoms with van der Waals surface area (Å²) in [5.74, 6) is 0.379. The number of aromatic nitrogens is 2. The van der Waals surface area contributed by atoms with Crippen molar-refractivity contribution in [3.8, 4) is 22.1 Å². The van der Waals surface area contributed by atoms with Crippen LogP contribution in [0.5, 0.6) is 5.19 Å². The first-order valence-corrected chi connectivity index (χ1v) is 7.82. The quantitative estimate of drug-likeness (QED) is 0.544. The Morgan fingerprint density at radius 3 is 2.26 bits per heavy atom. The zero-order chi connectivity index (χ0) is 16.4. The van der Waals surface area contributed by atoms with Crippen LogP contribution in [0.4, 0.5) is 5.69 Å². The van der Waals surface area contributed by atoms with Gasteiger partial charge in [0.15, 0.2) is 16.4 Å². The van der Waals surface area contributed by atoms with E-state index in [-0.39, 0.29) is 5.19 Å². The number of carbonyl (C=O) groups excluding carboxylic acids is 1. The van der Waals surface area contributed by atoms with E-state index in [1.54, 1.807) is 17.0 Å². The van der Waals surface area contributed by atoms with Crippen LogP contribution in [0.25, 0.3) is 16.9 Å². The Bertz CT molecular complexity index is 824. The molecule has 0 unspecified atom stereocenters. The van der Waals surface area contributed by atoms with Crippen molar-refractivity contribution in [2.24, 2.45) is 0 Å².